The molecule has 0 aromatic heterocycles. The second kappa shape index (κ2) is 4.59. The van der Waals surface area contributed by atoms with Crippen LogP contribution >= 0.6 is 0 Å². The van der Waals surface area contributed by atoms with E-state index in [9.17, 15) is 24.6 Å². The molecule has 19 heavy (non-hydrogen) atoms. The van der Waals surface area contributed by atoms with Gasteiger partial charge in [0.1, 0.15) is 12.0 Å². The summed E-state index contributed by atoms with van der Waals surface area (Å²) in [5.74, 6) is -1.68. The van der Waals surface area contributed by atoms with Gasteiger partial charge < -0.3 is 15.0 Å². The molecule has 0 aromatic rings. The Kier molecular flexibility index (Phi) is 3.78. The summed E-state index contributed by atoms with van der Waals surface area (Å²) in [4.78, 5) is 35.1. The molecule has 0 radical (unpaired) electrons. The van der Waals surface area contributed by atoms with Crippen molar-refractivity contribution in [2.24, 2.45) is 5.41 Å². The molecule has 2 atom stereocenters. The lowest BCUT2D eigenvalue weighted by molar-refractivity contribution is -0.916. The monoisotopic (exact) mass is 271 g/mol. The van der Waals surface area contributed by atoms with Crippen LogP contribution in [0, 0.1) is 5.41 Å². The van der Waals surface area contributed by atoms with Gasteiger partial charge in [0.25, 0.3) is 6.09 Å². The van der Waals surface area contributed by atoms with E-state index in [2.05, 4.69) is 0 Å². The quantitative estimate of drug-likeness (QED) is 0.579. The van der Waals surface area contributed by atoms with Crippen LogP contribution in [0.15, 0.2) is 0 Å². The van der Waals surface area contributed by atoms with Crippen molar-refractivity contribution in [3.8, 4) is 0 Å². The Morgan fingerprint density at radius 3 is 2.21 bits per heavy atom. The number of carboxylic acid groups (broad SMARTS) is 2. The standard InChI is InChI=1S/C13H21NO5/c1-5-13(10(16)17)6-7-14(11(18)19,8-9(13)15)12(2,3)4/h5-8H2,1-4H3,(H-,16,17,18,19). The van der Waals surface area contributed by atoms with Crippen molar-refractivity contribution in [3.05, 3.63) is 0 Å². The average Bonchev–Trinajstić information content (AvgIpc) is 2.26. The van der Waals surface area contributed by atoms with E-state index in [1.165, 1.54) is 0 Å². The molecule has 6 heteroatoms. The summed E-state index contributed by atoms with van der Waals surface area (Å²) in [6.45, 7) is 6.56. The maximum absolute atomic E-state index is 12.3. The Morgan fingerprint density at radius 2 is 1.95 bits per heavy atom. The number of carbonyl (C=O) groups excluding carboxylic acids is 2. The van der Waals surface area contributed by atoms with E-state index in [0.717, 1.165) is 0 Å². The Morgan fingerprint density at radius 1 is 1.42 bits per heavy atom. The van der Waals surface area contributed by atoms with Crippen molar-refractivity contribution in [2.75, 3.05) is 13.1 Å². The first kappa shape index (κ1) is 15.6. The lowest BCUT2D eigenvalue weighted by Crippen LogP contribution is -2.73. The highest BCUT2D eigenvalue weighted by Gasteiger charge is 2.57. The molecule has 1 aliphatic rings. The number of rotatable bonds is 2. The van der Waals surface area contributed by atoms with E-state index < -0.39 is 33.3 Å². The highest BCUT2D eigenvalue weighted by molar-refractivity contribution is 6.04. The van der Waals surface area contributed by atoms with Crippen molar-refractivity contribution < 1.29 is 29.1 Å². The summed E-state index contributed by atoms with van der Waals surface area (Å²) < 4.78 is -0.513. The van der Waals surface area contributed by atoms with Crippen LogP contribution < -0.4 is 5.11 Å². The van der Waals surface area contributed by atoms with E-state index >= 15 is 0 Å². The predicted octanol–water partition coefficient (Wildman–Crippen LogP) is 0.399. The van der Waals surface area contributed by atoms with Gasteiger partial charge in [-0.05, 0) is 27.2 Å². The van der Waals surface area contributed by atoms with E-state index in [0.29, 0.717) is 0 Å². The molecule has 1 heterocycles. The van der Waals surface area contributed by atoms with Crippen LogP contribution in [0.25, 0.3) is 0 Å². The summed E-state index contributed by atoms with van der Waals surface area (Å²) in [6, 6.07) is 0. The SMILES string of the molecule is CCC1(C(=O)O)CC[N+](C(=O)[O-])(C(C)(C)C)CC1=O. The zero-order valence-electron chi connectivity index (χ0n) is 11.9. The fourth-order valence-electron chi connectivity index (χ4n) is 2.75. The first-order valence-corrected chi connectivity index (χ1v) is 6.39. The van der Waals surface area contributed by atoms with E-state index in [-0.39, 0.29) is 25.9 Å². The minimum atomic E-state index is -1.44. The number of piperidine rings is 1. The zero-order valence-corrected chi connectivity index (χ0v) is 11.9. The van der Waals surface area contributed by atoms with Gasteiger partial charge in [-0.25, -0.2) is 0 Å². The number of amides is 1. The molecule has 1 aliphatic heterocycles. The van der Waals surface area contributed by atoms with Gasteiger partial charge in [-0.3, -0.25) is 14.1 Å². The van der Waals surface area contributed by atoms with Crippen LogP contribution in [0.4, 0.5) is 4.79 Å². The van der Waals surface area contributed by atoms with Gasteiger partial charge in [0.05, 0.1) is 12.1 Å². The molecule has 2 unspecified atom stereocenters. The topological polar surface area (TPSA) is 94.5 Å². The number of quaternary nitrogens is 1. The van der Waals surface area contributed by atoms with Crippen LogP contribution in [-0.2, 0) is 9.59 Å². The van der Waals surface area contributed by atoms with Gasteiger partial charge in [0.15, 0.2) is 0 Å². The number of carboxylic acids is 1. The van der Waals surface area contributed by atoms with Crippen LogP contribution in [-0.4, -0.2) is 46.1 Å². The fourth-order valence-corrected chi connectivity index (χ4v) is 2.75. The Bertz CT molecular complexity index is 425. The molecular formula is C13H21NO5. The number of aliphatic carboxylic acids is 1. The van der Waals surface area contributed by atoms with Crippen molar-refractivity contribution in [2.45, 2.75) is 46.1 Å². The van der Waals surface area contributed by atoms with Gasteiger partial charge in [-0.15, -0.1) is 0 Å². The molecule has 1 N–H and O–H groups in total. The van der Waals surface area contributed by atoms with Gasteiger partial charge in [0, 0.05) is 6.42 Å². The van der Waals surface area contributed by atoms with Crippen molar-refractivity contribution in [3.63, 3.8) is 0 Å². The summed E-state index contributed by atoms with van der Waals surface area (Å²) in [5, 5.41) is 20.8. The lowest BCUT2D eigenvalue weighted by Gasteiger charge is -2.52. The summed E-state index contributed by atoms with van der Waals surface area (Å²) in [7, 11) is 0. The lowest BCUT2D eigenvalue weighted by atomic mass is 9.73. The Balaban J connectivity index is 3.22. The van der Waals surface area contributed by atoms with Crippen LogP contribution in [0.3, 0.4) is 0 Å². The normalized spacial score (nSPS) is 32.1. The maximum Gasteiger partial charge on any atom is 0.317 e. The molecule has 1 saturated heterocycles. The minimum absolute atomic E-state index is 0.0307. The average molecular weight is 271 g/mol. The molecular weight excluding hydrogens is 250 g/mol. The molecule has 0 bridgehead atoms. The molecule has 0 aromatic carbocycles. The smallest absolute Gasteiger partial charge is 0.317 e. The first-order chi connectivity index (χ1) is 8.53. The molecule has 1 rings (SSSR count). The second-order valence-corrected chi connectivity index (χ2v) is 6.20. The first-order valence-electron chi connectivity index (χ1n) is 6.39. The molecule has 1 amide bonds. The van der Waals surface area contributed by atoms with Crippen LogP contribution in [0.5, 0.6) is 0 Å². The Hall–Kier alpha value is -1.43. The number of hydrogen-bond acceptors (Lipinski definition) is 4. The predicted molar refractivity (Wildman–Crippen MR) is 65.1 cm³/mol. The largest absolute Gasteiger partial charge is 0.498 e. The third-order valence-electron chi connectivity index (χ3n) is 4.51. The summed E-state index contributed by atoms with van der Waals surface area (Å²) in [5.41, 5.74) is -2.16. The third-order valence-corrected chi connectivity index (χ3v) is 4.51. The van der Waals surface area contributed by atoms with Crippen molar-refractivity contribution in [1.82, 2.24) is 0 Å². The molecule has 108 valence electrons. The molecule has 0 spiro atoms. The van der Waals surface area contributed by atoms with Gasteiger partial charge in [0.2, 0.25) is 5.78 Å². The van der Waals surface area contributed by atoms with E-state index in [1.54, 1.807) is 27.7 Å². The van der Waals surface area contributed by atoms with Gasteiger partial charge in [-0.2, -0.15) is 0 Å². The molecule has 0 saturated carbocycles. The number of likely N-dealkylation sites (tertiary alicyclic amines) is 1. The number of ketones is 1. The highest BCUT2D eigenvalue weighted by atomic mass is 16.4. The molecule has 6 nitrogen and oxygen atoms in total. The number of Topliss-reactive ketones (excluding diaryl/α,β-unsaturated/α-hetero) is 1. The maximum atomic E-state index is 12.3. The molecule has 1 fully saturated rings. The summed E-state index contributed by atoms with van der Waals surface area (Å²) >= 11 is 0. The third kappa shape index (κ3) is 2.14. The second-order valence-electron chi connectivity index (χ2n) is 6.20. The molecule has 0 aliphatic carbocycles. The van der Waals surface area contributed by atoms with E-state index in [1.807, 2.05) is 0 Å². The zero-order chi connectivity index (χ0) is 15.1. The van der Waals surface area contributed by atoms with E-state index in [4.69, 9.17) is 0 Å². The van der Waals surface area contributed by atoms with Gasteiger partial charge >= 0.3 is 5.97 Å². The van der Waals surface area contributed by atoms with Gasteiger partial charge in [-0.1, -0.05) is 6.92 Å². The minimum Gasteiger partial charge on any atom is -0.498 e. The van der Waals surface area contributed by atoms with Crippen molar-refractivity contribution in [1.29, 1.82) is 0 Å². The van der Waals surface area contributed by atoms with Crippen molar-refractivity contribution >= 4 is 17.8 Å². The number of nitrogens with zero attached hydrogens (tertiary/aromatic N) is 1. The Labute approximate surface area is 112 Å². The highest BCUT2D eigenvalue weighted by Crippen LogP contribution is 2.39. The fraction of sp³-hybridized carbons (Fsp3) is 0.769. The van der Waals surface area contributed by atoms with Crippen LogP contribution in [0.1, 0.15) is 40.5 Å². The van der Waals surface area contributed by atoms with Crippen LogP contribution in [0.2, 0.25) is 0 Å². The number of carbonyl (C=O) groups is 3. The number of hydrogen-bond donors (Lipinski definition) is 1. The summed E-state index contributed by atoms with van der Waals surface area (Å²) in [6.07, 6.45) is -1.11.